The lowest BCUT2D eigenvalue weighted by atomic mass is 10.1. The van der Waals surface area contributed by atoms with E-state index in [0.717, 1.165) is 32.3 Å². The number of amides is 3. The van der Waals surface area contributed by atoms with Crippen molar-refractivity contribution < 1.29 is 28.2 Å². The Hall–Kier alpha value is -3.34. The van der Waals surface area contributed by atoms with Crippen LogP contribution in [0.1, 0.15) is 22.3 Å². The number of rotatable bonds is 8. The van der Waals surface area contributed by atoms with Crippen molar-refractivity contribution >= 4 is 68.1 Å². The second kappa shape index (κ2) is 12.2. The summed E-state index contributed by atoms with van der Waals surface area (Å²) in [6.45, 7) is 3.41. The van der Waals surface area contributed by atoms with Gasteiger partial charge in [0.2, 0.25) is 0 Å². The largest absolute Gasteiger partial charge is 0.493 e. The van der Waals surface area contributed by atoms with Crippen LogP contribution in [0.2, 0.25) is 5.02 Å². The number of ether oxygens (including phenoxy) is 2. The summed E-state index contributed by atoms with van der Waals surface area (Å²) < 4.78 is 26.0. The van der Waals surface area contributed by atoms with Crippen LogP contribution in [0.15, 0.2) is 57.9 Å². The molecule has 0 unspecified atom stereocenters. The van der Waals surface area contributed by atoms with Gasteiger partial charge in [-0.25, -0.2) is 4.39 Å². The van der Waals surface area contributed by atoms with Crippen LogP contribution in [0.4, 0.5) is 14.9 Å². The van der Waals surface area contributed by atoms with Gasteiger partial charge in [-0.1, -0.05) is 23.7 Å². The summed E-state index contributed by atoms with van der Waals surface area (Å²) in [4.78, 5) is 39.0. The van der Waals surface area contributed by atoms with Gasteiger partial charge < -0.3 is 14.8 Å². The highest BCUT2D eigenvalue weighted by Gasteiger charge is 2.36. The van der Waals surface area contributed by atoms with E-state index in [4.69, 9.17) is 21.1 Å². The first-order valence-corrected chi connectivity index (χ1v) is 13.6. The first-order chi connectivity index (χ1) is 18.6. The van der Waals surface area contributed by atoms with E-state index in [9.17, 15) is 18.8 Å². The topological polar surface area (TPSA) is 84.9 Å². The molecule has 0 aromatic heterocycles. The van der Waals surface area contributed by atoms with Crippen LogP contribution in [0.5, 0.6) is 11.5 Å². The average Bonchev–Trinajstić information content (AvgIpc) is 3.15. The van der Waals surface area contributed by atoms with Crippen molar-refractivity contribution in [3.8, 4) is 11.5 Å². The number of carbonyl (C=O) groups is 3. The number of thioether (sulfide) groups is 1. The van der Waals surface area contributed by atoms with Gasteiger partial charge in [-0.3, -0.25) is 19.3 Å². The van der Waals surface area contributed by atoms with Crippen LogP contribution in [0.25, 0.3) is 6.08 Å². The van der Waals surface area contributed by atoms with Crippen LogP contribution >= 0.6 is 39.3 Å². The smallest absolute Gasteiger partial charge is 0.293 e. The summed E-state index contributed by atoms with van der Waals surface area (Å²) >= 11 is 10.3. The fourth-order valence-electron chi connectivity index (χ4n) is 3.73. The molecular weight excluding hydrogens is 611 g/mol. The zero-order valence-corrected chi connectivity index (χ0v) is 24.3. The number of benzene rings is 3. The molecule has 7 nitrogen and oxygen atoms in total. The van der Waals surface area contributed by atoms with E-state index < -0.39 is 17.0 Å². The molecule has 3 aromatic carbocycles. The minimum absolute atomic E-state index is 0.0693. The minimum Gasteiger partial charge on any atom is -0.493 e. The van der Waals surface area contributed by atoms with Crippen LogP contribution < -0.4 is 14.8 Å². The Labute approximate surface area is 242 Å². The number of carbonyl (C=O) groups excluding carboxylic acids is 3. The van der Waals surface area contributed by atoms with E-state index in [1.165, 1.54) is 31.4 Å². The predicted molar refractivity (Wildman–Crippen MR) is 154 cm³/mol. The lowest BCUT2D eigenvalue weighted by molar-refractivity contribution is -0.123. The van der Waals surface area contributed by atoms with E-state index in [1.54, 1.807) is 18.2 Å². The molecule has 202 valence electrons. The number of methoxy groups -OCH3 is 1. The third kappa shape index (κ3) is 6.63. The quantitative estimate of drug-likeness (QED) is 0.266. The van der Waals surface area contributed by atoms with Crippen LogP contribution in [-0.2, 0) is 16.1 Å². The predicted octanol–water partition coefficient (Wildman–Crippen LogP) is 7.12. The molecule has 39 heavy (non-hydrogen) atoms. The SMILES string of the molecule is COc1cc(C=C2SC(=O)N(Cc3c(F)cccc3Cl)C2=O)ccc1OCC(=O)Nc1cc(C)c(C)cc1Br. The van der Waals surface area contributed by atoms with Crippen molar-refractivity contribution in [3.63, 3.8) is 0 Å². The zero-order chi connectivity index (χ0) is 28.3. The number of nitrogens with zero attached hydrogens (tertiary/aromatic N) is 1. The van der Waals surface area contributed by atoms with Gasteiger partial charge in [0.15, 0.2) is 18.1 Å². The highest BCUT2D eigenvalue weighted by molar-refractivity contribution is 9.10. The van der Waals surface area contributed by atoms with Crippen molar-refractivity contribution in [2.45, 2.75) is 20.4 Å². The Balaban J connectivity index is 1.44. The van der Waals surface area contributed by atoms with Gasteiger partial charge in [-0.2, -0.15) is 0 Å². The molecule has 0 radical (unpaired) electrons. The molecule has 0 spiro atoms. The third-order valence-corrected chi connectivity index (χ3v) is 7.87. The maximum atomic E-state index is 14.2. The molecule has 1 heterocycles. The highest BCUT2D eigenvalue weighted by atomic mass is 79.9. The Bertz CT molecular complexity index is 1490. The van der Waals surface area contributed by atoms with Crippen molar-refractivity contribution in [3.05, 3.63) is 91.0 Å². The van der Waals surface area contributed by atoms with E-state index in [2.05, 4.69) is 21.2 Å². The Morgan fingerprint density at radius 2 is 1.87 bits per heavy atom. The summed E-state index contributed by atoms with van der Waals surface area (Å²) in [5, 5.41) is 2.42. The molecule has 0 bridgehead atoms. The molecule has 3 aromatic rings. The first-order valence-electron chi connectivity index (χ1n) is 11.6. The van der Waals surface area contributed by atoms with Gasteiger partial charge in [-0.15, -0.1) is 0 Å². The molecule has 3 amide bonds. The second-order valence-electron chi connectivity index (χ2n) is 8.63. The van der Waals surface area contributed by atoms with Gasteiger partial charge in [0.25, 0.3) is 17.1 Å². The third-order valence-electron chi connectivity index (χ3n) is 5.95. The fourth-order valence-corrected chi connectivity index (χ4v) is 5.35. The molecule has 4 rings (SSSR count). The molecule has 1 N–H and O–H groups in total. The minimum atomic E-state index is -0.596. The number of anilines is 1. The molecule has 1 aliphatic rings. The van der Waals surface area contributed by atoms with Crippen molar-refractivity contribution in [1.29, 1.82) is 0 Å². The summed E-state index contributed by atoms with van der Waals surface area (Å²) in [6.07, 6.45) is 1.53. The molecule has 0 aliphatic carbocycles. The summed E-state index contributed by atoms with van der Waals surface area (Å²) in [6, 6.07) is 12.9. The standard InChI is InChI=1S/C28H23BrClFN2O5S/c1-15-9-19(29)22(10-16(15)2)32-26(34)14-38-23-8-7-17(11-24(23)37-3)12-25-27(35)33(28(36)39-25)13-18-20(30)5-4-6-21(18)31/h4-12H,13-14H2,1-3H3,(H,32,34). The molecule has 11 heteroatoms. The number of halogens is 3. The Morgan fingerprint density at radius 1 is 1.13 bits per heavy atom. The maximum Gasteiger partial charge on any atom is 0.293 e. The van der Waals surface area contributed by atoms with Crippen molar-refractivity contribution in [2.75, 3.05) is 19.0 Å². The van der Waals surface area contributed by atoms with Gasteiger partial charge in [0.1, 0.15) is 5.82 Å². The van der Waals surface area contributed by atoms with E-state index in [1.807, 2.05) is 26.0 Å². The van der Waals surface area contributed by atoms with Crippen molar-refractivity contribution in [1.82, 2.24) is 4.90 Å². The lowest BCUT2D eigenvalue weighted by Crippen LogP contribution is -2.28. The monoisotopic (exact) mass is 632 g/mol. The van der Waals surface area contributed by atoms with Gasteiger partial charge in [-0.05, 0) is 101 Å². The van der Waals surface area contributed by atoms with Crippen LogP contribution in [0, 0.1) is 19.7 Å². The van der Waals surface area contributed by atoms with Crippen molar-refractivity contribution in [2.24, 2.45) is 0 Å². The Kier molecular flexibility index (Phi) is 8.99. The lowest BCUT2D eigenvalue weighted by Gasteiger charge is -2.14. The van der Waals surface area contributed by atoms with Gasteiger partial charge in [0.05, 0.1) is 24.2 Å². The average molecular weight is 634 g/mol. The second-order valence-corrected chi connectivity index (χ2v) is 10.9. The molecule has 1 saturated heterocycles. The molecule has 1 aliphatic heterocycles. The maximum absolute atomic E-state index is 14.2. The zero-order valence-electron chi connectivity index (χ0n) is 21.1. The van der Waals surface area contributed by atoms with Gasteiger partial charge in [0, 0.05) is 15.1 Å². The number of nitrogens with one attached hydrogen (secondary N) is 1. The summed E-state index contributed by atoms with van der Waals surface area (Å²) in [5.74, 6) is -0.847. The van der Waals surface area contributed by atoms with Crippen LogP contribution in [-0.4, -0.2) is 35.7 Å². The van der Waals surface area contributed by atoms with E-state index in [-0.39, 0.29) is 34.6 Å². The Morgan fingerprint density at radius 3 is 2.59 bits per heavy atom. The van der Waals surface area contributed by atoms with Gasteiger partial charge >= 0.3 is 0 Å². The molecule has 0 atom stereocenters. The molecule has 0 saturated carbocycles. The number of aryl methyl sites for hydroxylation is 2. The number of hydrogen-bond acceptors (Lipinski definition) is 6. The number of hydrogen-bond donors (Lipinski definition) is 1. The highest BCUT2D eigenvalue weighted by Crippen LogP contribution is 2.36. The van der Waals surface area contributed by atoms with E-state index >= 15 is 0 Å². The van der Waals surface area contributed by atoms with Crippen LogP contribution in [0.3, 0.4) is 0 Å². The number of imide groups is 1. The first kappa shape index (κ1) is 28.7. The summed E-state index contributed by atoms with van der Waals surface area (Å²) in [5.41, 5.74) is 3.41. The normalized spacial score (nSPS) is 14.2. The molecular formula is C28H23BrClFN2O5S. The molecule has 1 fully saturated rings. The summed E-state index contributed by atoms with van der Waals surface area (Å²) in [7, 11) is 1.45. The fraction of sp³-hybridized carbons (Fsp3) is 0.179. The van der Waals surface area contributed by atoms with E-state index in [0.29, 0.717) is 22.7 Å².